The molecule has 4 saturated carbocycles. The fourth-order valence-electron chi connectivity index (χ4n) is 18.4. The highest BCUT2D eigenvalue weighted by Crippen LogP contribution is 2.68. The molecule has 0 aromatic heterocycles. The fourth-order valence-corrected chi connectivity index (χ4v) is 18.4. The van der Waals surface area contributed by atoms with Crippen LogP contribution in [0.25, 0.3) is 44.5 Å². The predicted molar refractivity (Wildman–Crippen MR) is 292 cm³/mol. The van der Waals surface area contributed by atoms with Gasteiger partial charge in [0.15, 0.2) is 0 Å². The maximum absolute atomic E-state index is 2.86. The smallest absolute Gasteiger partial charge is 0.0726 e. The summed E-state index contributed by atoms with van der Waals surface area (Å²) in [6.45, 7) is 4.84. The van der Waals surface area contributed by atoms with Gasteiger partial charge in [0.2, 0.25) is 0 Å². The van der Waals surface area contributed by atoms with Crippen molar-refractivity contribution in [3.05, 3.63) is 219 Å². The molecule has 4 fully saturated rings. The van der Waals surface area contributed by atoms with Crippen molar-refractivity contribution in [3.63, 3.8) is 0 Å². The highest BCUT2D eigenvalue weighted by atomic mass is 15.1. The van der Waals surface area contributed by atoms with Gasteiger partial charge >= 0.3 is 0 Å². The molecule has 1 nitrogen and oxygen atoms in total. The fraction of sp³-hybridized carbons (Fsp3) is 0.314. The average molecular weight is 916 g/mol. The zero-order valence-corrected chi connectivity index (χ0v) is 41.2. The molecule has 0 amide bonds. The van der Waals surface area contributed by atoms with Gasteiger partial charge in [-0.15, -0.1) is 0 Å². The van der Waals surface area contributed by atoms with Gasteiger partial charge in [0, 0.05) is 22.4 Å². The highest BCUT2D eigenvalue weighted by Gasteiger charge is 2.55. The van der Waals surface area contributed by atoms with Gasteiger partial charge in [-0.1, -0.05) is 147 Å². The quantitative estimate of drug-likeness (QED) is 0.170. The maximum Gasteiger partial charge on any atom is 0.0726 e. The van der Waals surface area contributed by atoms with Crippen LogP contribution < -0.4 is 4.90 Å². The molecule has 1 heteroatoms. The van der Waals surface area contributed by atoms with E-state index in [0.717, 1.165) is 23.7 Å². The summed E-state index contributed by atoms with van der Waals surface area (Å²) in [5.41, 5.74) is 30.0. The van der Waals surface area contributed by atoms with Gasteiger partial charge in [0.25, 0.3) is 0 Å². The standard InChI is InChI=1S/C70H61N/c1-69(2)61-15-8-7-14-54(61)68-63(69)17-10-18-67(68)71(50-21-19-45(20-22-50)44-11-4-3-5-12-44)51-23-24-53-52-13-6-9-16-62(52)70(64(53)35-51)65-38-57-48-31-40-25-41(32-48)28-46(27-40)55(57)36-59(65)60-37-56-47-29-42-26-43(30-47)34-49(33-42)58(56)39-66(60)70/h3-24,35-43,46-49H,25-34H2,1-2H3. The monoisotopic (exact) mass is 915 g/mol. The number of nitrogens with zero attached hydrogens (tertiary/aromatic N) is 1. The Morgan fingerprint density at radius 1 is 0.338 bits per heavy atom. The third-order valence-corrected chi connectivity index (χ3v) is 20.9. The molecule has 4 unspecified atom stereocenters. The molecular formula is C70H61N. The van der Waals surface area contributed by atoms with Crippen LogP contribution in [0.4, 0.5) is 17.1 Å². The van der Waals surface area contributed by atoms with E-state index in [2.05, 4.69) is 183 Å². The minimum atomic E-state index is -0.417. The van der Waals surface area contributed by atoms with Crippen molar-refractivity contribution < 1.29 is 0 Å². The lowest BCUT2D eigenvalue weighted by Gasteiger charge is -2.38. The molecule has 19 rings (SSSR count). The van der Waals surface area contributed by atoms with E-state index in [0.29, 0.717) is 23.7 Å². The molecule has 8 bridgehead atoms. The number of hydrogen-bond acceptors (Lipinski definition) is 1. The third-order valence-electron chi connectivity index (χ3n) is 20.9. The second-order valence-electron chi connectivity index (χ2n) is 24.8. The Hall–Kier alpha value is -6.44. The van der Waals surface area contributed by atoms with Crippen LogP contribution in [-0.2, 0) is 10.8 Å². The first kappa shape index (κ1) is 40.2. The van der Waals surface area contributed by atoms with E-state index in [4.69, 9.17) is 0 Å². The van der Waals surface area contributed by atoms with Gasteiger partial charge < -0.3 is 4.90 Å². The molecule has 11 aliphatic rings. The van der Waals surface area contributed by atoms with Gasteiger partial charge in [0.1, 0.15) is 0 Å². The van der Waals surface area contributed by atoms with E-state index in [9.17, 15) is 0 Å². The SMILES string of the molecule is CC1(C)c2ccccc2-c2c(N(c3ccc(-c4ccccc4)cc3)c3ccc4c(c3)C3(c5ccccc5-4)c4cc5c(cc4-c4cc6c(cc43)C3CC4CC(CC6C4)C3)C3CC4CC(C3)CC5C4)cccc21. The first-order valence-electron chi connectivity index (χ1n) is 27.7. The van der Waals surface area contributed by atoms with Crippen LogP contribution >= 0.6 is 0 Å². The van der Waals surface area contributed by atoms with Crippen molar-refractivity contribution in [2.45, 2.75) is 113 Å². The van der Waals surface area contributed by atoms with Crippen LogP contribution in [-0.4, -0.2) is 0 Å². The van der Waals surface area contributed by atoms with Gasteiger partial charge in [-0.25, -0.2) is 0 Å². The minimum Gasteiger partial charge on any atom is -0.310 e. The first-order chi connectivity index (χ1) is 34.9. The molecule has 0 aliphatic heterocycles. The molecule has 0 heterocycles. The average Bonchev–Trinajstić information content (AvgIpc) is 3.83. The van der Waals surface area contributed by atoms with Gasteiger partial charge in [0.05, 0.1) is 11.1 Å². The van der Waals surface area contributed by atoms with Crippen molar-refractivity contribution >= 4 is 17.1 Å². The predicted octanol–water partition coefficient (Wildman–Crippen LogP) is 18.3. The van der Waals surface area contributed by atoms with Crippen molar-refractivity contribution in [2.24, 2.45) is 23.7 Å². The van der Waals surface area contributed by atoms with E-state index in [1.807, 2.05) is 0 Å². The highest BCUT2D eigenvalue weighted by molar-refractivity contribution is 5.99. The Morgan fingerprint density at radius 2 is 0.803 bits per heavy atom. The Balaban J connectivity index is 0.941. The Kier molecular flexibility index (Phi) is 8.01. The maximum atomic E-state index is 2.86. The van der Waals surface area contributed by atoms with Crippen LogP contribution in [0.15, 0.2) is 164 Å². The normalized spacial score (nSPS) is 28.3. The van der Waals surface area contributed by atoms with Crippen LogP contribution in [0.1, 0.15) is 157 Å². The van der Waals surface area contributed by atoms with E-state index in [1.54, 1.807) is 44.5 Å². The molecule has 8 aromatic rings. The van der Waals surface area contributed by atoms with E-state index >= 15 is 0 Å². The van der Waals surface area contributed by atoms with Crippen molar-refractivity contribution in [1.29, 1.82) is 0 Å². The summed E-state index contributed by atoms with van der Waals surface area (Å²) < 4.78 is 0. The summed E-state index contributed by atoms with van der Waals surface area (Å²) in [5.74, 6) is 6.34. The second kappa shape index (κ2) is 14.2. The Bertz CT molecular complexity index is 3470. The summed E-state index contributed by atoms with van der Waals surface area (Å²) in [6.07, 6.45) is 14.1. The topological polar surface area (TPSA) is 3.24 Å². The van der Waals surface area contributed by atoms with Crippen molar-refractivity contribution in [1.82, 2.24) is 0 Å². The summed E-state index contributed by atoms with van der Waals surface area (Å²) in [6, 6.07) is 65.3. The van der Waals surface area contributed by atoms with Crippen molar-refractivity contribution in [2.75, 3.05) is 4.90 Å². The molecular weight excluding hydrogens is 855 g/mol. The van der Waals surface area contributed by atoms with Gasteiger partial charge in [-0.2, -0.15) is 0 Å². The van der Waals surface area contributed by atoms with E-state index in [-0.39, 0.29) is 5.41 Å². The zero-order chi connectivity index (χ0) is 46.5. The van der Waals surface area contributed by atoms with Gasteiger partial charge in [-0.3, -0.25) is 0 Å². The van der Waals surface area contributed by atoms with Crippen LogP contribution in [0.5, 0.6) is 0 Å². The Labute approximate surface area is 420 Å². The zero-order valence-electron chi connectivity index (χ0n) is 41.2. The molecule has 8 aromatic carbocycles. The molecule has 346 valence electrons. The lowest BCUT2D eigenvalue weighted by molar-refractivity contribution is 0.165. The summed E-state index contributed by atoms with van der Waals surface area (Å²) >= 11 is 0. The van der Waals surface area contributed by atoms with Crippen LogP contribution in [0.3, 0.4) is 0 Å². The summed E-state index contributed by atoms with van der Waals surface area (Å²) in [5, 5.41) is 0. The van der Waals surface area contributed by atoms with Crippen molar-refractivity contribution in [3.8, 4) is 44.5 Å². The second-order valence-corrected chi connectivity index (χ2v) is 24.8. The van der Waals surface area contributed by atoms with Crippen LogP contribution in [0.2, 0.25) is 0 Å². The molecule has 0 N–H and O–H groups in total. The first-order valence-corrected chi connectivity index (χ1v) is 27.7. The van der Waals surface area contributed by atoms with Gasteiger partial charge in [-0.05, 0) is 236 Å². The lowest BCUT2D eigenvalue weighted by Crippen LogP contribution is -2.27. The molecule has 1 spiro atoms. The number of fused-ring (bicyclic) bond motifs is 13. The third kappa shape index (κ3) is 5.33. The number of rotatable bonds is 4. The number of benzene rings is 8. The largest absolute Gasteiger partial charge is 0.310 e. The van der Waals surface area contributed by atoms with Crippen LogP contribution in [0, 0.1) is 23.7 Å². The van der Waals surface area contributed by atoms with E-state index in [1.165, 1.54) is 137 Å². The molecule has 11 aliphatic carbocycles. The molecule has 0 radical (unpaired) electrons. The minimum absolute atomic E-state index is 0.112. The summed E-state index contributed by atoms with van der Waals surface area (Å²) in [4.78, 5) is 2.62. The Morgan fingerprint density at radius 3 is 1.41 bits per heavy atom. The molecule has 71 heavy (non-hydrogen) atoms. The molecule has 0 saturated heterocycles. The summed E-state index contributed by atoms with van der Waals surface area (Å²) in [7, 11) is 0. The lowest BCUT2D eigenvalue weighted by atomic mass is 9.66. The number of anilines is 3. The number of hydrogen-bond donors (Lipinski definition) is 0. The molecule has 4 atom stereocenters. The van der Waals surface area contributed by atoms with E-state index < -0.39 is 5.41 Å².